The summed E-state index contributed by atoms with van der Waals surface area (Å²) in [4.78, 5) is 11.1. The molecule has 0 aliphatic heterocycles. The van der Waals surface area contributed by atoms with E-state index in [4.69, 9.17) is 0 Å². The average molecular weight is 559 g/mol. The van der Waals surface area contributed by atoms with Crippen LogP contribution in [0.2, 0.25) is 0 Å². The number of pyridine rings is 1. The van der Waals surface area contributed by atoms with Gasteiger partial charge in [0.05, 0.1) is 23.5 Å². The Balaban J connectivity index is 1.46. The Bertz CT molecular complexity index is 1480. The van der Waals surface area contributed by atoms with Gasteiger partial charge in [0.1, 0.15) is 17.4 Å². The number of rotatable bonds is 7. The number of benzene rings is 2. The molecule has 0 saturated carbocycles. The first-order chi connectivity index (χ1) is 18.2. The van der Waals surface area contributed by atoms with Gasteiger partial charge in [0.2, 0.25) is 0 Å². The van der Waals surface area contributed by atoms with Crippen molar-refractivity contribution in [1.82, 2.24) is 15.0 Å². The van der Waals surface area contributed by atoms with Crippen LogP contribution in [0.3, 0.4) is 0 Å². The molecule has 5 nitrogen and oxygen atoms in total. The van der Waals surface area contributed by atoms with E-state index in [1.54, 1.807) is 0 Å². The van der Waals surface area contributed by atoms with E-state index in [1.807, 2.05) is 0 Å². The van der Waals surface area contributed by atoms with Crippen LogP contribution in [0.1, 0.15) is 22.4 Å². The maximum atomic E-state index is 14.5. The van der Waals surface area contributed by atoms with Crippen LogP contribution >= 0.6 is 0 Å². The van der Waals surface area contributed by atoms with Crippen molar-refractivity contribution >= 4 is 0 Å². The van der Waals surface area contributed by atoms with Crippen LogP contribution in [-0.2, 0) is 18.4 Å². The van der Waals surface area contributed by atoms with Crippen molar-refractivity contribution in [3.63, 3.8) is 0 Å². The minimum absolute atomic E-state index is 0.0676. The fraction of sp³-hybridized carbons (Fsp3) is 0.160. The summed E-state index contributed by atoms with van der Waals surface area (Å²) < 4.78 is 132. The van der Waals surface area contributed by atoms with E-state index in [1.165, 1.54) is 13.0 Å². The van der Waals surface area contributed by atoms with Crippen molar-refractivity contribution in [2.45, 2.75) is 25.3 Å². The van der Waals surface area contributed by atoms with E-state index in [0.717, 1.165) is 42.9 Å². The summed E-state index contributed by atoms with van der Waals surface area (Å²) in [5, 5.41) is 0. The molecule has 0 amide bonds. The maximum Gasteiger partial charge on any atom is 0.444 e. The molecule has 0 radical (unpaired) electrons. The lowest BCUT2D eigenvalue weighted by atomic mass is 10.1. The van der Waals surface area contributed by atoms with E-state index in [2.05, 4.69) is 24.4 Å². The first-order valence-electron chi connectivity index (χ1n) is 10.7. The summed E-state index contributed by atoms with van der Waals surface area (Å²) in [7, 11) is 0. The molecule has 0 spiro atoms. The molecule has 4 aromatic rings. The van der Waals surface area contributed by atoms with Gasteiger partial charge >= 0.3 is 18.4 Å². The lowest BCUT2D eigenvalue weighted by Gasteiger charge is -2.19. The molecule has 0 aliphatic carbocycles. The third kappa shape index (κ3) is 6.21. The second kappa shape index (κ2) is 10.1. The zero-order valence-electron chi connectivity index (χ0n) is 19.4. The van der Waals surface area contributed by atoms with Gasteiger partial charge in [0, 0.05) is 17.8 Å². The summed E-state index contributed by atoms with van der Waals surface area (Å²) in [6.07, 6.45) is -10.6. The zero-order valence-corrected chi connectivity index (χ0v) is 19.4. The van der Waals surface area contributed by atoms with E-state index >= 15 is 0 Å². The maximum absolute atomic E-state index is 14.5. The molecule has 2 aromatic heterocycles. The molecule has 2 aromatic carbocycles. The largest absolute Gasteiger partial charge is 0.444 e. The van der Waals surface area contributed by atoms with Crippen LogP contribution in [0, 0.1) is 18.6 Å². The normalized spacial score (nSPS) is 12.4. The number of halogens is 9. The Labute approximate surface area is 213 Å². The quantitative estimate of drug-likeness (QED) is 0.221. The monoisotopic (exact) mass is 559 g/mol. The molecule has 4 rings (SSSR count). The fourth-order valence-electron chi connectivity index (χ4n) is 3.26. The summed E-state index contributed by atoms with van der Waals surface area (Å²) in [5.41, 5.74) is -3.14. The Morgan fingerprint density at radius 2 is 1.23 bits per heavy atom. The standard InChI is InChI=1S/C25H14F9N3O2/c1-13-2-5-18(19(26)8-13)24(31,32)39-16-11-36-22(37-12-16)14-3-7-21(35-10-14)25(33,34)38-15-4-6-17(20(27)9-15)23(28,29)30/h2-12H,1H3. The highest BCUT2D eigenvalue weighted by molar-refractivity contribution is 5.53. The Morgan fingerprint density at radius 3 is 1.79 bits per heavy atom. The van der Waals surface area contributed by atoms with Crippen molar-refractivity contribution in [2.75, 3.05) is 0 Å². The lowest BCUT2D eigenvalue weighted by molar-refractivity contribution is -0.189. The van der Waals surface area contributed by atoms with Gasteiger partial charge in [-0.3, -0.25) is 4.98 Å². The molecule has 39 heavy (non-hydrogen) atoms. The summed E-state index contributed by atoms with van der Waals surface area (Å²) >= 11 is 0. The first kappa shape index (κ1) is 27.7. The highest BCUT2D eigenvalue weighted by Gasteiger charge is 2.39. The van der Waals surface area contributed by atoms with Crippen molar-refractivity contribution < 1.29 is 49.0 Å². The SMILES string of the molecule is Cc1ccc(C(F)(F)Oc2cnc(-c3ccc(C(F)(F)Oc4ccc(C(F)(F)F)c(F)c4)nc3)nc2)c(F)c1. The molecule has 0 unspecified atom stereocenters. The predicted molar refractivity (Wildman–Crippen MR) is 117 cm³/mol. The van der Waals surface area contributed by atoms with Crippen molar-refractivity contribution in [3.8, 4) is 22.9 Å². The van der Waals surface area contributed by atoms with Gasteiger partial charge in [-0.05, 0) is 48.9 Å². The van der Waals surface area contributed by atoms with Gasteiger partial charge in [0.25, 0.3) is 0 Å². The molecule has 0 fully saturated rings. The van der Waals surface area contributed by atoms with Gasteiger partial charge < -0.3 is 9.47 Å². The number of ether oxygens (including phenoxy) is 2. The lowest BCUT2D eigenvalue weighted by Crippen LogP contribution is -2.23. The molecule has 14 heteroatoms. The number of hydrogen-bond donors (Lipinski definition) is 0. The number of aryl methyl sites for hydroxylation is 1. The van der Waals surface area contributed by atoms with Crippen molar-refractivity contribution in [3.05, 3.63) is 101 Å². The molecule has 204 valence electrons. The molecular formula is C25H14F9N3O2. The second-order valence-corrected chi connectivity index (χ2v) is 8.03. The summed E-state index contributed by atoms with van der Waals surface area (Å²) in [6, 6.07) is 5.90. The Hall–Kier alpha value is -4.36. The van der Waals surface area contributed by atoms with Crippen LogP contribution in [0.5, 0.6) is 11.5 Å². The zero-order chi connectivity index (χ0) is 28.6. The number of hydrogen-bond acceptors (Lipinski definition) is 5. The van der Waals surface area contributed by atoms with Crippen LogP contribution in [0.4, 0.5) is 39.5 Å². The van der Waals surface area contributed by atoms with Gasteiger partial charge in [-0.1, -0.05) is 6.07 Å². The molecule has 2 heterocycles. The van der Waals surface area contributed by atoms with Crippen LogP contribution < -0.4 is 9.47 Å². The molecular weight excluding hydrogens is 545 g/mol. The molecule has 0 N–H and O–H groups in total. The molecule has 0 aliphatic rings. The van der Waals surface area contributed by atoms with Gasteiger partial charge in [-0.2, -0.15) is 30.7 Å². The highest BCUT2D eigenvalue weighted by atomic mass is 19.4. The van der Waals surface area contributed by atoms with Gasteiger partial charge in [-0.15, -0.1) is 0 Å². The van der Waals surface area contributed by atoms with Gasteiger partial charge in [-0.25, -0.2) is 18.7 Å². The third-order valence-corrected chi connectivity index (χ3v) is 5.12. The minimum Gasteiger partial charge on any atom is -0.428 e. The third-order valence-electron chi connectivity index (χ3n) is 5.12. The summed E-state index contributed by atoms with van der Waals surface area (Å²) in [5.74, 6) is -4.49. The van der Waals surface area contributed by atoms with E-state index < -0.39 is 58.3 Å². The van der Waals surface area contributed by atoms with Crippen LogP contribution in [0.15, 0.2) is 67.1 Å². The molecule has 0 bridgehead atoms. The van der Waals surface area contributed by atoms with Crippen LogP contribution in [-0.4, -0.2) is 15.0 Å². The van der Waals surface area contributed by atoms with Crippen molar-refractivity contribution in [2.24, 2.45) is 0 Å². The van der Waals surface area contributed by atoms with E-state index in [0.29, 0.717) is 11.6 Å². The average Bonchev–Trinajstić information content (AvgIpc) is 2.83. The second-order valence-electron chi connectivity index (χ2n) is 8.03. The topological polar surface area (TPSA) is 57.1 Å². The Kier molecular flexibility index (Phi) is 7.15. The number of aromatic nitrogens is 3. The minimum atomic E-state index is -5.02. The highest BCUT2D eigenvalue weighted by Crippen LogP contribution is 2.36. The fourth-order valence-corrected chi connectivity index (χ4v) is 3.26. The van der Waals surface area contributed by atoms with E-state index in [-0.39, 0.29) is 23.5 Å². The smallest absolute Gasteiger partial charge is 0.428 e. The first-order valence-corrected chi connectivity index (χ1v) is 10.7. The predicted octanol–water partition coefficient (Wildman–Crippen LogP) is 7.40. The number of alkyl halides is 7. The van der Waals surface area contributed by atoms with Gasteiger partial charge in [0.15, 0.2) is 17.3 Å². The summed E-state index contributed by atoms with van der Waals surface area (Å²) in [6.45, 7) is 1.52. The van der Waals surface area contributed by atoms with Crippen LogP contribution in [0.25, 0.3) is 11.4 Å². The molecule has 0 atom stereocenters. The number of nitrogens with zero attached hydrogens (tertiary/aromatic N) is 3. The van der Waals surface area contributed by atoms with E-state index in [9.17, 15) is 39.5 Å². The molecule has 0 saturated heterocycles. The Morgan fingerprint density at radius 1 is 0.615 bits per heavy atom. The van der Waals surface area contributed by atoms with Crippen molar-refractivity contribution in [1.29, 1.82) is 0 Å².